The third kappa shape index (κ3) is 2.90. The number of fused-ring (bicyclic) bond motifs is 1. The molecule has 1 aliphatic rings. The molecule has 0 saturated carbocycles. The van der Waals surface area contributed by atoms with Gasteiger partial charge in [-0.05, 0) is 12.1 Å². The molecule has 19 heavy (non-hydrogen) atoms. The molecule has 2 rings (SSSR count). The molecule has 0 unspecified atom stereocenters. The number of rotatable bonds is 3. The summed E-state index contributed by atoms with van der Waals surface area (Å²) >= 11 is 1.29. The van der Waals surface area contributed by atoms with Crippen LogP contribution in [0.4, 0.5) is 5.69 Å². The van der Waals surface area contributed by atoms with Crippen LogP contribution in [-0.4, -0.2) is 26.2 Å². The SMILES string of the molecule is COC(=O)CC1=C(C(=O)OC)Sc2ccccc2N1. The zero-order valence-corrected chi connectivity index (χ0v) is 11.4. The molecule has 1 aliphatic heterocycles. The first-order valence-corrected chi connectivity index (χ1v) is 6.39. The van der Waals surface area contributed by atoms with Gasteiger partial charge < -0.3 is 14.8 Å². The van der Waals surface area contributed by atoms with Gasteiger partial charge in [-0.3, -0.25) is 4.79 Å². The standard InChI is InChI=1S/C13H13NO4S/c1-17-11(15)7-9-12(13(16)18-2)19-10-6-4-3-5-8(10)14-9/h3-6,14H,7H2,1-2H3. The number of anilines is 1. The summed E-state index contributed by atoms with van der Waals surface area (Å²) in [5.41, 5.74) is 1.36. The van der Waals surface area contributed by atoms with Gasteiger partial charge in [0.15, 0.2) is 0 Å². The van der Waals surface area contributed by atoms with Gasteiger partial charge in [-0.2, -0.15) is 0 Å². The van der Waals surface area contributed by atoms with Crippen molar-refractivity contribution in [1.82, 2.24) is 0 Å². The summed E-state index contributed by atoms with van der Waals surface area (Å²) in [6, 6.07) is 7.54. The summed E-state index contributed by atoms with van der Waals surface area (Å²) in [6.45, 7) is 0. The Morgan fingerprint density at radius 3 is 2.63 bits per heavy atom. The van der Waals surface area contributed by atoms with Crippen LogP contribution in [0.3, 0.4) is 0 Å². The number of ether oxygens (including phenoxy) is 2. The molecule has 1 aromatic carbocycles. The van der Waals surface area contributed by atoms with Crippen LogP contribution in [0.5, 0.6) is 0 Å². The fourth-order valence-electron chi connectivity index (χ4n) is 1.65. The van der Waals surface area contributed by atoms with E-state index in [4.69, 9.17) is 4.74 Å². The predicted octanol–water partition coefficient (Wildman–Crippen LogP) is 2.15. The van der Waals surface area contributed by atoms with Gasteiger partial charge in [-0.25, -0.2) is 4.79 Å². The zero-order valence-electron chi connectivity index (χ0n) is 10.6. The van der Waals surface area contributed by atoms with Crippen molar-refractivity contribution >= 4 is 29.4 Å². The Kier molecular flexibility index (Phi) is 4.11. The number of hydrogen-bond donors (Lipinski definition) is 1. The van der Waals surface area contributed by atoms with Gasteiger partial charge in [0, 0.05) is 10.6 Å². The molecule has 0 amide bonds. The Hall–Kier alpha value is -1.95. The first-order chi connectivity index (χ1) is 9.15. The van der Waals surface area contributed by atoms with E-state index in [-0.39, 0.29) is 6.42 Å². The van der Waals surface area contributed by atoms with Gasteiger partial charge in [0.25, 0.3) is 0 Å². The highest BCUT2D eigenvalue weighted by molar-refractivity contribution is 8.04. The Bertz CT molecular complexity index is 553. The number of esters is 2. The second-order valence-electron chi connectivity index (χ2n) is 3.78. The number of carbonyl (C=O) groups is 2. The highest BCUT2D eigenvalue weighted by Crippen LogP contribution is 2.40. The second-order valence-corrected chi connectivity index (χ2v) is 4.83. The van der Waals surface area contributed by atoms with Crippen molar-refractivity contribution in [3.63, 3.8) is 0 Å². The first kappa shape index (κ1) is 13.5. The molecule has 1 aromatic rings. The van der Waals surface area contributed by atoms with Crippen LogP contribution < -0.4 is 5.32 Å². The van der Waals surface area contributed by atoms with Crippen molar-refractivity contribution in [2.24, 2.45) is 0 Å². The summed E-state index contributed by atoms with van der Waals surface area (Å²) in [4.78, 5) is 24.4. The van der Waals surface area contributed by atoms with E-state index in [1.165, 1.54) is 26.0 Å². The fourth-order valence-corrected chi connectivity index (χ4v) is 2.66. The normalized spacial score (nSPS) is 13.4. The second kappa shape index (κ2) is 5.79. The lowest BCUT2D eigenvalue weighted by Gasteiger charge is -2.22. The number of thioether (sulfide) groups is 1. The van der Waals surface area contributed by atoms with E-state index in [1.54, 1.807) is 0 Å². The van der Waals surface area contributed by atoms with E-state index in [1.807, 2.05) is 24.3 Å². The zero-order chi connectivity index (χ0) is 13.8. The Labute approximate surface area is 115 Å². The average Bonchev–Trinajstić information content (AvgIpc) is 2.45. The quantitative estimate of drug-likeness (QED) is 0.855. The minimum atomic E-state index is -0.467. The van der Waals surface area contributed by atoms with Gasteiger partial charge in [-0.1, -0.05) is 23.9 Å². The summed E-state index contributed by atoms with van der Waals surface area (Å²) in [5.74, 6) is -0.880. The molecule has 0 spiro atoms. The molecule has 0 radical (unpaired) electrons. The Morgan fingerprint density at radius 1 is 1.21 bits per heavy atom. The highest BCUT2D eigenvalue weighted by Gasteiger charge is 2.25. The molecular formula is C13H13NO4S. The number of nitrogens with one attached hydrogen (secondary N) is 1. The maximum Gasteiger partial charge on any atom is 0.346 e. The topological polar surface area (TPSA) is 64.6 Å². The molecule has 0 fully saturated rings. The van der Waals surface area contributed by atoms with Crippen molar-refractivity contribution in [2.45, 2.75) is 11.3 Å². The van der Waals surface area contributed by atoms with Crippen LogP contribution in [0.15, 0.2) is 39.8 Å². The predicted molar refractivity (Wildman–Crippen MR) is 71.6 cm³/mol. The molecule has 0 saturated heterocycles. The minimum Gasteiger partial charge on any atom is -0.469 e. The minimum absolute atomic E-state index is 0.00225. The summed E-state index contributed by atoms with van der Waals surface area (Å²) in [6.07, 6.45) is 0.00225. The van der Waals surface area contributed by atoms with Crippen molar-refractivity contribution in [1.29, 1.82) is 0 Å². The van der Waals surface area contributed by atoms with E-state index in [0.29, 0.717) is 10.6 Å². The molecule has 0 aromatic heterocycles. The van der Waals surface area contributed by atoms with Gasteiger partial charge in [-0.15, -0.1) is 0 Å². The smallest absolute Gasteiger partial charge is 0.346 e. The molecule has 0 atom stereocenters. The van der Waals surface area contributed by atoms with Crippen molar-refractivity contribution < 1.29 is 19.1 Å². The largest absolute Gasteiger partial charge is 0.469 e. The Morgan fingerprint density at radius 2 is 1.95 bits per heavy atom. The summed E-state index contributed by atoms with van der Waals surface area (Å²) < 4.78 is 9.37. The van der Waals surface area contributed by atoms with Crippen LogP contribution in [0.25, 0.3) is 0 Å². The van der Waals surface area contributed by atoms with Gasteiger partial charge in [0.1, 0.15) is 4.91 Å². The maximum atomic E-state index is 11.8. The van der Waals surface area contributed by atoms with Crippen molar-refractivity contribution in [2.75, 3.05) is 19.5 Å². The number of carbonyl (C=O) groups excluding carboxylic acids is 2. The van der Waals surface area contributed by atoms with E-state index < -0.39 is 11.9 Å². The first-order valence-electron chi connectivity index (χ1n) is 5.58. The van der Waals surface area contributed by atoms with Crippen LogP contribution >= 0.6 is 11.8 Å². The third-order valence-electron chi connectivity index (χ3n) is 2.58. The fraction of sp³-hybridized carbons (Fsp3) is 0.231. The van der Waals surface area contributed by atoms with E-state index in [9.17, 15) is 9.59 Å². The van der Waals surface area contributed by atoms with Crippen LogP contribution in [-0.2, 0) is 19.1 Å². The molecule has 100 valence electrons. The van der Waals surface area contributed by atoms with E-state index in [2.05, 4.69) is 10.1 Å². The lowest BCUT2D eigenvalue weighted by molar-refractivity contribution is -0.139. The number of hydrogen-bond acceptors (Lipinski definition) is 6. The lowest BCUT2D eigenvalue weighted by Crippen LogP contribution is -2.17. The lowest BCUT2D eigenvalue weighted by atomic mass is 10.2. The molecule has 1 heterocycles. The number of benzene rings is 1. The molecule has 6 heteroatoms. The van der Waals surface area contributed by atoms with Crippen molar-refractivity contribution in [3.8, 4) is 0 Å². The van der Waals surface area contributed by atoms with Gasteiger partial charge >= 0.3 is 11.9 Å². The summed E-state index contributed by atoms with van der Waals surface area (Å²) in [5, 5.41) is 3.08. The van der Waals surface area contributed by atoms with Crippen LogP contribution in [0, 0.1) is 0 Å². The highest BCUT2D eigenvalue weighted by atomic mass is 32.2. The van der Waals surface area contributed by atoms with Crippen molar-refractivity contribution in [3.05, 3.63) is 34.9 Å². The van der Waals surface area contributed by atoms with Gasteiger partial charge in [0.05, 0.1) is 26.3 Å². The van der Waals surface area contributed by atoms with Gasteiger partial charge in [0.2, 0.25) is 0 Å². The monoisotopic (exact) mass is 279 g/mol. The molecule has 5 nitrogen and oxygen atoms in total. The number of methoxy groups -OCH3 is 2. The van der Waals surface area contributed by atoms with E-state index >= 15 is 0 Å². The molecule has 0 aliphatic carbocycles. The third-order valence-corrected chi connectivity index (χ3v) is 3.77. The molecular weight excluding hydrogens is 266 g/mol. The summed E-state index contributed by atoms with van der Waals surface area (Å²) in [7, 11) is 2.62. The number of para-hydroxylation sites is 1. The average molecular weight is 279 g/mol. The van der Waals surface area contributed by atoms with Crippen LogP contribution in [0.1, 0.15) is 6.42 Å². The van der Waals surface area contributed by atoms with E-state index in [0.717, 1.165) is 10.6 Å². The maximum absolute atomic E-state index is 11.8. The molecule has 1 N–H and O–H groups in total. The molecule has 0 bridgehead atoms. The van der Waals surface area contributed by atoms with Crippen LogP contribution in [0.2, 0.25) is 0 Å². The Balaban J connectivity index is 2.35.